The van der Waals surface area contributed by atoms with Crippen molar-refractivity contribution in [3.8, 4) is 0 Å². The van der Waals surface area contributed by atoms with E-state index >= 15 is 0 Å². The molecule has 0 bridgehead atoms. The molecule has 1 heterocycles. The maximum absolute atomic E-state index is 13.9. The number of amides is 2. The number of hydrogen-bond donors (Lipinski definition) is 1. The summed E-state index contributed by atoms with van der Waals surface area (Å²) in [7, 11) is 0. The van der Waals surface area contributed by atoms with Gasteiger partial charge in [-0.3, -0.25) is 0 Å². The van der Waals surface area contributed by atoms with Crippen molar-refractivity contribution < 1.29 is 18.0 Å². The minimum Gasteiger partial charge on any atom is -0.345 e. The van der Waals surface area contributed by atoms with Crippen LogP contribution in [-0.4, -0.2) is 15.5 Å². The van der Waals surface area contributed by atoms with E-state index < -0.39 is 11.7 Å². The zero-order chi connectivity index (χ0) is 28.9. The second-order valence-corrected chi connectivity index (χ2v) is 10.7. The molecule has 0 saturated carbocycles. The molecule has 0 aliphatic heterocycles. The number of aromatic nitrogens is 1. The van der Waals surface area contributed by atoms with E-state index in [2.05, 4.69) is 33.0 Å². The highest BCUT2D eigenvalue weighted by Crippen LogP contribution is 2.33. The number of anilines is 1. The monoisotopic (exact) mass is 547 g/mol. The van der Waals surface area contributed by atoms with Gasteiger partial charge in [-0.05, 0) is 58.4 Å². The van der Waals surface area contributed by atoms with Gasteiger partial charge in [0.2, 0.25) is 0 Å². The third-order valence-corrected chi connectivity index (χ3v) is 6.99. The van der Waals surface area contributed by atoms with Crippen LogP contribution in [0.1, 0.15) is 73.0 Å². The first kappa shape index (κ1) is 29.0. The third-order valence-electron chi connectivity index (χ3n) is 6.99. The van der Waals surface area contributed by atoms with Gasteiger partial charge in [0.15, 0.2) is 0 Å². The summed E-state index contributed by atoms with van der Waals surface area (Å²) >= 11 is 0. The molecule has 2 amide bonds. The Morgan fingerprint density at radius 2 is 1.43 bits per heavy atom. The molecular formula is C33H36F3N3O. The Bertz CT molecular complexity index is 1400. The molecule has 210 valence electrons. The minimum absolute atomic E-state index is 0.223. The number of para-hydroxylation sites is 1. The van der Waals surface area contributed by atoms with Gasteiger partial charge in [0.05, 0.1) is 12.1 Å². The van der Waals surface area contributed by atoms with Gasteiger partial charge in [0.1, 0.15) is 0 Å². The van der Waals surface area contributed by atoms with Crippen LogP contribution in [0.15, 0.2) is 91.1 Å². The molecule has 0 unspecified atom stereocenters. The molecule has 4 aromatic rings. The lowest BCUT2D eigenvalue weighted by Gasteiger charge is -2.27. The average molecular weight is 548 g/mol. The predicted octanol–water partition coefficient (Wildman–Crippen LogP) is 9.04. The minimum atomic E-state index is -4.40. The highest BCUT2D eigenvalue weighted by Gasteiger charge is 2.30. The van der Waals surface area contributed by atoms with Crippen LogP contribution in [0, 0.1) is 0 Å². The standard InChI is InChI=1S/C33H36F3N3O/c1-23(2)29-16-9-17-30(24(3)4)31(29)37-32(40)39(20-25-11-6-5-7-12-25)22-28-15-10-18-38(28)21-26-13-8-14-27(19-26)33(34,35)36/h5-19,23-24H,20-22H2,1-4H3,(H,37,40). The molecule has 7 heteroatoms. The summed E-state index contributed by atoms with van der Waals surface area (Å²) in [4.78, 5) is 15.6. The van der Waals surface area contributed by atoms with Gasteiger partial charge in [-0.1, -0.05) is 88.4 Å². The number of urea groups is 1. The third kappa shape index (κ3) is 7.14. The van der Waals surface area contributed by atoms with Crippen LogP contribution in [0.4, 0.5) is 23.7 Å². The second kappa shape index (κ2) is 12.5. The van der Waals surface area contributed by atoms with E-state index in [9.17, 15) is 18.0 Å². The van der Waals surface area contributed by atoms with Crippen molar-refractivity contribution in [1.29, 1.82) is 0 Å². The smallest absolute Gasteiger partial charge is 0.345 e. The van der Waals surface area contributed by atoms with Crippen LogP contribution in [0.2, 0.25) is 0 Å². The molecule has 4 nitrogen and oxygen atoms in total. The molecule has 0 spiro atoms. The van der Waals surface area contributed by atoms with Gasteiger partial charge in [-0.2, -0.15) is 13.2 Å². The fraction of sp³-hybridized carbons (Fsp3) is 0.303. The lowest BCUT2D eigenvalue weighted by Crippen LogP contribution is -2.35. The summed E-state index contributed by atoms with van der Waals surface area (Å²) in [6.07, 6.45) is -2.57. The van der Waals surface area contributed by atoms with Crippen LogP contribution >= 0.6 is 0 Å². The Morgan fingerprint density at radius 1 is 0.800 bits per heavy atom. The van der Waals surface area contributed by atoms with Crippen molar-refractivity contribution in [2.45, 2.75) is 65.3 Å². The Hall–Kier alpha value is -4.00. The van der Waals surface area contributed by atoms with Crippen molar-refractivity contribution >= 4 is 11.7 Å². The second-order valence-electron chi connectivity index (χ2n) is 10.7. The first-order chi connectivity index (χ1) is 19.0. The Labute approximate surface area is 234 Å². The number of carbonyl (C=O) groups is 1. The van der Waals surface area contributed by atoms with Gasteiger partial charge in [-0.15, -0.1) is 0 Å². The molecule has 0 fully saturated rings. The number of alkyl halides is 3. The highest BCUT2D eigenvalue weighted by molar-refractivity contribution is 5.91. The summed E-state index contributed by atoms with van der Waals surface area (Å²) in [6.45, 7) is 9.36. The Kier molecular flexibility index (Phi) is 9.03. The van der Waals surface area contributed by atoms with Crippen LogP contribution in [0.3, 0.4) is 0 Å². The van der Waals surface area contributed by atoms with E-state index in [-0.39, 0.29) is 31.0 Å². The summed E-state index contributed by atoms with van der Waals surface area (Å²) in [5, 5.41) is 3.22. The lowest BCUT2D eigenvalue weighted by molar-refractivity contribution is -0.137. The van der Waals surface area contributed by atoms with E-state index in [0.29, 0.717) is 12.1 Å². The van der Waals surface area contributed by atoms with E-state index in [1.54, 1.807) is 11.0 Å². The van der Waals surface area contributed by atoms with E-state index in [0.717, 1.165) is 34.1 Å². The Balaban J connectivity index is 1.63. The fourth-order valence-electron chi connectivity index (χ4n) is 4.87. The van der Waals surface area contributed by atoms with E-state index in [4.69, 9.17) is 0 Å². The molecule has 0 radical (unpaired) electrons. The summed E-state index contributed by atoms with van der Waals surface area (Å²) in [6, 6.07) is 24.8. The van der Waals surface area contributed by atoms with Crippen molar-refractivity contribution in [3.05, 3.63) is 125 Å². The number of nitrogens with one attached hydrogen (secondary N) is 1. The van der Waals surface area contributed by atoms with Gasteiger partial charge < -0.3 is 14.8 Å². The number of nitrogens with zero attached hydrogens (tertiary/aromatic N) is 2. The van der Waals surface area contributed by atoms with Crippen LogP contribution in [0.25, 0.3) is 0 Å². The van der Waals surface area contributed by atoms with Gasteiger partial charge >= 0.3 is 12.2 Å². The van der Waals surface area contributed by atoms with Crippen LogP contribution < -0.4 is 5.32 Å². The molecule has 3 aromatic carbocycles. The molecule has 1 aromatic heterocycles. The fourth-order valence-corrected chi connectivity index (χ4v) is 4.87. The normalized spacial score (nSPS) is 11.7. The largest absolute Gasteiger partial charge is 0.416 e. The molecule has 0 saturated heterocycles. The number of rotatable bonds is 9. The summed E-state index contributed by atoms with van der Waals surface area (Å²) < 4.78 is 41.7. The maximum atomic E-state index is 13.9. The maximum Gasteiger partial charge on any atom is 0.416 e. The first-order valence-corrected chi connectivity index (χ1v) is 13.6. The molecule has 40 heavy (non-hydrogen) atoms. The topological polar surface area (TPSA) is 37.3 Å². The van der Waals surface area contributed by atoms with Gasteiger partial charge in [0, 0.05) is 30.7 Å². The number of benzene rings is 3. The van der Waals surface area contributed by atoms with Crippen molar-refractivity contribution in [3.63, 3.8) is 0 Å². The predicted molar refractivity (Wildman–Crippen MR) is 154 cm³/mol. The van der Waals surface area contributed by atoms with Crippen LogP contribution in [-0.2, 0) is 25.8 Å². The van der Waals surface area contributed by atoms with Crippen molar-refractivity contribution in [2.24, 2.45) is 0 Å². The average Bonchev–Trinajstić information content (AvgIpc) is 3.34. The van der Waals surface area contributed by atoms with E-state index in [1.165, 1.54) is 12.1 Å². The molecule has 1 N–H and O–H groups in total. The van der Waals surface area contributed by atoms with E-state index in [1.807, 2.05) is 71.4 Å². The first-order valence-electron chi connectivity index (χ1n) is 13.6. The molecule has 0 aliphatic rings. The SMILES string of the molecule is CC(C)c1cccc(C(C)C)c1NC(=O)N(Cc1ccccc1)Cc1cccn1Cc1cccc(C(F)(F)F)c1. The van der Waals surface area contributed by atoms with Gasteiger partial charge in [-0.25, -0.2) is 4.79 Å². The molecular weight excluding hydrogens is 511 g/mol. The number of carbonyl (C=O) groups excluding carboxylic acids is 1. The van der Waals surface area contributed by atoms with Gasteiger partial charge in [0.25, 0.3) is 0 Å². The quantitative estimate of drug-likeness (QED) is 0.223. The van der Waals surface area contributed by atoms with Crippen LogP contribution in [0.5, 0.6) is 0 Å². The molecule has 0 atom stereocenters. The molecule has 4 rings (SSSR count). The number of halogens is 3. The summed E-state index contributed by atoms with van der Waals surface area (Å²) in [5.41, 5.74) is 4.67. The Morgan fingerprint density at radius 3 is 2.05 bits per heavy atom. The zero-order valence-corrected chi connectivity index (χ0v) is 23.4. The zero-order valence-electron chi connectivity index (χ0n) is 23.4. The summed E-state index contributed by atoms with van der Waals surface area (Å²) in [5.74, 6) is 0.447. The lowest BCUT2D eigenvalue weighted by atomic mass is 9.93. The van der Waals surface area contributed by atoms with Crippen molar-refractivity contribution in [1.82, 2.24) is 9.47 Å². The number of hydrogen-bond acceptors (Lipinski definition) is 1. The highest BCUT2D eigenvalue weighted by atomic mass is 19.4. The van der Waals surface area contributed by atoms with Crippen molar-refractivity contribution in [2.75, 3.05) is 5.32 Å². The molecule has 0 aliphatic carbocycles.